The SMILES string of the molecule is Cc1cccc(N2CCN(Cc3nnc4n3CCOC4)C(C)C2)n1. The van der Waals surface area contributed by atoms with Gasteiger partial charge in [-0.15, -0.1) is 10.2 Å². The van der Waals surface area contributed by atoms with Crippen molar-refractivity contribution in [3.63, 3.8) is 0 Å². The smallest absolute Gasteiger partial charge is 0.159 e. The van der Waals surface area contributed by atoms with Crippen molar-refractivity contribution >= 4 is 5.82 Å². The van der Waals surface area contributed by atoms with Gasteiger partial charge in [0.2, 0.25) is 0 Å². The molecule has 0 N–H and O–H groups in total. The normalized spacial score (nSPS) is 21.8. The highest BCUT2D eigenvalue weighted by Crippen LogP contribution is 2.19. The topological polar surface area (TPSA) is 59.3 Å². The molecule has 1 unspecified atom stereocenters. The van der Waals surface area contributed by atoms with Crippen molar-refractivity contribution in [2.75, 3.05) is 31.1 Å². The monoisotopic (exact) mass is 328 g/mol. The summed E-state index contributed by atoms with van der Waals surface area (Å²) in [5.74, 6) is 3.09. The molecule has 4 rings (SSSR count). The van der Waals surface area contributed by atoms with Gasteiger partial charge >= 0.3 is 0 Å². The van der Waals surface area contributed by atoms with Crippen LogP contribution in [0.2, 0.25) is 0 Å². The zero-order valence-corrected chi connectivity index (χ0v) is 14.4. The van der Waals surface area contributed by atoms with Gasteiger partial charge < -0.3 is 14.2 Å². The summed E-state index contributed by atoms with van der Waals surface area (Å²) >= 11 is 0. The molecule has 1 saturated heterocycles. The highest BCUT2D eigenvalue weighted by molar-refractivity contribution is 5.40. The summed E-state index contributed by atoms with van der Waals surface area (Å²) in [6.07, 6.45) is 0. The zero-order valence-electron chi connectivity index (χ0n) is 14.4. The number of aryl methyl sites for hydroxylation is 1. The minimum atomic E-state index is 0.453. The van der Waals surface area contributed by atoms with Crippen LogP contribution in [0.3, 0.4) is 0 Å². The summed E-state index contributed by atoms with van der Waals surface area (Å²) in [5.41, 5.74) is 1.07. The second kappa shape index (κ2) is 6.49. The first-order chi connectivity index (χ1) is 11.7. The lowest BCUT2D eigenvalue weighted by molar-refractivity contribution is 0.0787. The molecule has 7 nitrogen and oxygen atoms in total. The number of nitrogens with zero attached hydrogens (tertiary/aromatic N) is 6. The number of pyridine rings is 1. The molecular formula is C17H24N6O. The van der Waals surface area contributed by atoms with E-state index in [4.69, 9.17) is 4.74 Å². The Morgan fingerprint density at radius 2 is 2.12 bits per heavy atom. The fraction of sp³-hybridized carbons (Fsp3) is 0.588. The first-order valence-electron chi connectivity index (χ1n) is 8.62. The fourth-order valence-corrected chi connectivity index (χ4v) is 3.50. The van der Waals surface area contributed by atoms with Crippen LogP contribution in [0.25, 0.3) is 0 Å². The molecule has 0 aromatic carbocycles. The average molecular weight is 328 g/mol. The van der Waals surface area contributed by atoms with Gasteiger partial charge in [0.05, 0.1) is 13.2 Å². The van der Waals surface area contributed by atoms with Crippen molar-refractivity contribution in [1.29, 1.82) is 0 Å². The van der Waals surface area contributed by atoms with Crippen LogP contribution >= 0.6 is 0 Å². The lowest BCUT2D eigenvalue weighted by Crippen LogP contribution is -2.52. The number of aromatic nitrogens is 4. The van der Waals surface area contributed by atoms with Crippen LogP contribution in [0.5, 0.6) is 0 Å². The number of rotatable bonds is 3. The van der Waals surface area contributed by atoms with Crippen molar-refractivity contribution in [2.24, 2.45) is 0 Å². The Kier molecular flexibility index (Phi) is 4.20. The second-order valence-corrected chi connectivity index (χ2v) is 6.64. The number of anilines is 1. The van der Waals surface area contributed by atoms with Crippen molar-refractivity contribution in [3.05, 3.63) is 35.5 Å². The van der Waals surface area contributed by atoms with Gasteiger partial charge in [-0.25, -0.2) is 4.98 Å². The Bertz CT molecular complexity index is 715. The summed E-state index contributed by atoms with van der Waals surface area (Å²) in [6.45, 7) is 10.3. The molecule has 1 atom stereocenters. The Labute approximate surface area is 142 Å². The third-order valence-corrected chi connectivity index (χ3v) is 4.90. The van der Waals surface area contributed by atoms with Crippen LogP contribution < -0.4 is 4.90 Å². The predicted molar refractivity (Wildman–Crippen MR) is 90.7 cm³/mol. The molecule has 0 saturated carbocycles. The molecule has 7 heteroatoms. The lowest BCUT2D eigenvalue weighted by atomic mass is 10.2. The van der Waals surface area contributed by atoms with Crippen LogP contribution in [0.1, 0.15) is 24.3 Å². The largest absolute Gasteiger partial charge is 0.372 e. The van der Waals surface area contributed by atoms with E-state index in [0.717, 1.165) is 62.5 Å². The second-order valence-electron chi connectivity index (χ2n) is 6.64. The first kappa shape index (κ1) is 15.5. The summed E-state index contributed by atoms with van der Waals surface area (Å²) in [6, 6.07) is 6.68. The highest BCUT2D eigenvalue weighted by atomic mass is 16.5. The van der Waals surface area contributed by atoms with E-state index in [2.05, 4.69) is 48.6 Å². The van der Waals surface area contributed by atoms with Gasteiger partial charge in [0.25, 0.3) is 0 Å². The van der Waals surface area contributed by atoms with E-state index < -0.39 is 0 Å². The minimum Gasteiger partial charge on any atom is -0.372 e. The van der Waals surface area contributed by atoms with E-state index in [-0.39, 0.29) is 0 Å². The maximum atomic E-state index is 5.44. The lowest BCUT2D eigenvalue weighted by Gasteiger charge is -2.40. The Morgan fingerprint density at radius 3 is 2.96 bits per heavy atom. The van der Waals surface area contributed by atoms with Gasteiger partial charge in [-0.3, -0.25) is 4.90 Å². The number of fused-ring (bicyclic) bond motifs is 1. The molecule has 1 fully saturated rings. The van der Waals surface area contributed by atoms with E-state index in [9.17, 15) is 0 Å². The predicted octanol–water partition coefficient (Wildman–Crippen LogP) is 1.22. The molecule has 2 aromatic rings. The maximum Gasteiger partial charge on any atom is 0.159 e. The molecule has 0 aliphatic carbocycles. The fourth-order valence-electron chi connectivity index (χ4n) is 3.50. The molecular weight excluding hydrogens is 304 g/mol. The van der Waals surface area contributed by atoms with E-state index in [1.54, 1.807) is 0 Å². The van der Waals surface area contributed by atoms with Crippen molar-refractivity contribution in [3.8, 4) is 0 Å². The molecule has 2 aliphatic rings. The Balaban J connectivity index is 1.43. The van der Waals surface area contributed by atoms with Gasteiger partial charge in [-0.1, -0.05) is 6.07 Å². The van der Waals surface area contributed by atoms with Crippen molar-refractivity contribution < 1.29 is 4.74 Å². The van der Waals surface area contributed by atoms with Crippen LogP contribution in [-0.4, -0.2) is 56.9 Å². The van der Waals surface area contributed by atoms with E-state index in [0.29, 0.717) is 12.6 Å². The number of piperazine rings is 1. The van der Waals surface area contributed by atoms with E-state index >= 15 is 0 Å². The molecule has 0 amide bonds. The Hall–Kier alpha value is -1.99. The van der Waals surface area contributed by atoms with Gasteiger partial charge in [0.1, 0.15) is 18.2 Å². The van der Waals surface area contributed by atoms with Gasteiger partial charge in [-0.2, -0.15) is 0 Å². The summed E-state index contributed by atoms with van der Waals surface area (Å²) < 4.78 is 7.66. The van der Waals surface area contributed by atoms with Crippen LogP contribution in [0.15, 0.2) is 18.2 Å². The molecule has 2 aromatic heterocycles. The average Bonchev–Trinajstić information content (AvgIpc) is 3.00. The number of ether oxygens (including phenoxy) is 1. The molecule has 0 bridgehead atoms. The molecule has 4 heterocycles. The third kappa shape index (κ3) is 3.01. The third-order valence-electron chi connectivity index (χ3n) is 4.90. The molecule has 2 aliphatic heterocycles. The summed E-state index contributed by atoms with van der Waals surface area (Å²) in [5, 5.41) is 8.64. The van der Waals surface area contributed by atoms with Gasteiger partial charge in [0, 0.05) is 37.9 Å². The van der Waals surface area contributed by atoms with Crippen molar-refractivity contribution in [1.82, 2.24) is 24.6 Å². The van der Waals surface area contributed by atoms with Crippen LogP contribution in [0, 0.1) is 6.92 Å². The maximum absolute atomic E-state index is 5.44. The molecule has 0 radical (unpaired) electrons. The minimum absolute atomic E-state index is 0.453. The van der Waals surface area contributed by atoms with Crippen LogP contribution in [0.4, 0.5) is 5.82 Å². The quantitative estimate of drug-likeness (QED) is 0.844. The molecule has 128 valence electrons. The highest BCUT2D eigenvalue weighted by Gasteiger charge is 2.27. The standard InChI is InChI=1S/C17H24N6O/c1-13-4-3-5-15(18-13)22-7-6-21(14(2)10-22)11-16-19-20-17-12-24-9-8-23(16)17/h3-5,14H,6-12H2,1-2H3. The van der Waals surface area contributed by atoms with Crippen molar-refractivity contribution in [2.45, 2.75) is 39.6 Å². The number of hydrogen-bond acceptors (Lipinski definition) is 6. The molecule has 0 spiro atoms. The van der Waals surface area contributed by atoms with E-state index in [1.807, 2.05) is 13.0 Å². The Morgan fingerprint density at radius 1 is 1.21 bits per heavy atom. The van der Waals surface area contributed by atoms with Crippen LogP contribution in [-0.2, 0) is 24.4 Å². The summed E-state index contributed by atoms with van der Waals surface area (Å²) in [4.78, 5) is 9.52. The van der Waals surface area contributed by atoms with Gasteiger partial charge in [-0.05, 0) is 26.0 Å². The van der Waals surface area contributed by atoms with Gasteiger partial charge in [0.15, 0.2) is 5.82 Å². The molecule has 24 heavy (non-hydrogen) atoms. The first-order valence-corrected chi connectivity index (χ1v) is 8.62. The zero-order chi connectivity index (χ0) is 16.5. The number of hydrogen-bond donors (Lipinski definition) is 0. The summed E-state index contributed by atoms with van der Waals surface area (Å²) in [7, 11) is 0. The van der Waals surface area contributed by atoms with E-state index in [1.165, 1.54) is 0 Å².